The number of rotatable bonds is 6. The highest BCUT2D eigenvalue weighted by Crippen LogP contribution is 2.38. The highest BCUT2D eigenvalue weighted by Gasteiger charge is 2.35. The number of ether oxygens (including phenoxy) is 2. The summed E-state index contributed by atoms with van der Waals surface area (Å²) in [5, 5.41) is 11.1. The Balaban J connectivity index is 1.87. The molecule has 2 amide bonds. The molecule has 2 aromatic carbocycles. The normalized spacial score (nSPS) is 14.0. The molecule has 0 radical (unpaired) electrons. The average molecular weight is 476 g/mol. The van der Waals surface area contributed by atoms with E-state index in [0.29, 0.717) is 16.9 Å². The minimum Gasteiger partial charge on any atom is -0.493 e. The van der Waals surface area contributed by atoms with Crippen molar-refractivity contribution in [3.05, 3.63) is 68.2 Å². The van der Waals surface area contributed by atoms with E-state index in [2.05, 4.69) is 0 Å². The second-order valence-corrected chi connectivity index (χ2v) is 7.59. The van der Waals surface area contributed by atoms with E-state index in [0.717, 1.165) is 0 Å². The molecule has 9 nitrogen and oxygen atoms in total. The van der Waals surface area contributed by atoms with Gasteiger partial charge in [-0.15, -0.1) is 0 Å². The van der Waals surface area contributed by atoms with Crippen LogP contribution in [0.15, 0.2) is 42.0 Å². The smallest absolute Gasteiger partial charge is 0.269 e. The van der Waals surface area contributed by atoms with Gasteiger partial charge in [0.1, 0.15) is 12.2 Å². The van der Waals surface area contributed by atoms with Crippen LogP contribution >= 0.6 is 23.8 Å². The van der Waals surface area contributed by atoms with Crippen LogP contribution in [-0.2, 0) is 16.2 Å². The zero-order chi connectivity index (χ0) is 23.6. The second kappa shape index (κ2) is 9.33. The first-order valence-corrected chi connectivity index (χ1v) is 9.98. The lowest BCUT2D eigenvalue weighted by Gasteiger charge is -2.31. The molecule has 0 atom stereocenters. The SMILES string of the molecule is COc1cc(C=C2C(=O)N(C)C(=S)N(C)C2=O)cc(Cl)c1OCc1ccc([N+](=O)[O-])cc1. The number of nitro benzene ring substituents is 1. The number of hydrogen-bond acceptors (Lipinski definition) is 7. The Kier molecular flexibility index (Phi) is 6.75. The predicted molar refractivity (Wildman–Crippen MR) is 122 cm³/mol. The second-order valence-electron chi connectivity index (χ2n) is 6.82. The molecule has 1 aliphatic heterocycles. The first-order chi connectivity index (χ1) is 15.1. The van der Waals surface area contributed by atoms with Gasteiger partial charge < -0.3 is 9.47 Å². The van der Waals surface area contributed by atoms with Gasteiger partial charge in [0.05, 0.1) is 17.1 Å². The molecular weight excluding hydrogens is 458 g/mol. The van der Waals surface area contributed by atoms with E-state index in [1.54, 1.807) is 18.2 Å². The van der Waals surface area contributed by atoms with Crippen molar-refractivity contribution in [3.63, 3.8) is 0 Å². The lowest BCUT2D eigenvalue weighted by atomic mass is 10.1. The Morgan fingerprint density at radius 2 is 1.72 bits per heavy atom. The summed E-state index contributed by atoms with van der Waals surface area (Å²) >= 11 is 11.5. The van der Waals surface area contributed by atoms with Gasteiger partial charge in [-0.1, -0.05) is 11.6 Å². The molecule has 32 heavy (non-hydrogen) atoms. The number of nitro groups is 1. The maximum absolute atomic E-state index is 12.5. The maximum Gasteiger partial charge on any atom is 0.269 e. The van der Waals surface area contributed by atoms with E-state index in [1.165, 1.54) is 55.3 Å². The maximum atomic E-state index is 12.5. The Morgan fingerprint density at radius 3 is 2.25 bits per heavy atom. The number of hydrogen-bond donors (Lipinski definition) is 0. The van der Waals surface area contributed by atoms with Crippen LogP contribution in [0.3, 0.4) is 0 Å². The van der Waals surface area contributed by atoms with Gasteiger partial charge in [-0.2, -0.15) is 0 Å². The van der Waals surface area contributed by atoms with Crippen LogP contribution in [0.25, 0.3) is 6.08 Å². The number of carbonyl (C=O) groups excluding carboxylic acids is 2. The summed E-state index contributed by atoms with van der Waals surface area (Å²) in [6.45, 7) is 0.0958. The summed E-state index contributed by atoms with van der Waals surface area (Å²) in [5.41, 5.74) is 1.06. The summed E-state index contributed by atoms with van der Waals surface area (Å²) in [6, 6.07) is 9.03. The van der Waals surface area contributed by atoms with Crippen molar-refractivity contribution in [2.75, 3.05) is 21.2 Å². The lowest BCUT2D eigenvalue weighted by Crippen LogP contribution is -2.52. The number of methoxy groups -OCH3 is 1. The van der Waals surface area contributed by atoms with Crippen LogP contribution < -0.4 is 9.47 Å². The van der Waals surface area contributed by atoms with Crippen molar-refractivity contribution in [1.82, 2.24) is 9.80 Å². The number of likely N-dealkylation sites (N-methyl/N-ethyl adjacent to an activating group) is 2. The fraction of sp³-hybridized carbons (Fsp3) is 0.190. The van der Waals surface area contributed by atoms with Crippen LogP contribution in [0.5, 0.6) is 11.5 Å². The standard InChI is InChI=1S/C21H18ClN3O6S/c1-23-19(26)15(20(27)24(2)21(23)32)8-13-9-16(22)18(17(10-13)30-3)31-11-12-4-6-14(7-5-12)25(28)29/h4-10H,11H2,1-3H3. The van der Waals surface area contributed by atoms with Crippen molar-refractivity contribution in [1.29, 1.82) is 0 Å². The summed E-state index contributed by atoms with van der Waals surface area (Å²) in [5.74, 6) is -0.496. The van der Waals surface area contributed by atoms with E-state index in [1.807, 2.05) is 0 Å². The van der Waals surface area contributed by atoms with Gasteiger partial charge >= 0.3 is 0 Å². The van der Waals surface area contributed by atoms with E-state index >= 15 is 0 Å². The molecule has 1 heterocycles. The summed E-state index contributed by atoms with van der Waals surface area (Å²) in [7, 11) is 4.41. The monoisotopic (exact) mass is 475 g/mol. The van der Waals surface area contributed by atoms with Crippen molar-refractivity contribution in [2.24, 2.45) is 0 Å². The highest BCUT2D eigenvalue weighted by molar-refractivity contribution is 7.80. The fourth-order valence-electron chi connectivity index (χ4n) is 2.97. The number of non-ortho nitro benzene ring substituents is 1. The molecule has 0 aliphatic carbocycles. The van der Waals surface area contributed by atoms with Crippen molar-refractivity contribution >= 4 is 52.5 Å². The van der Waals surface area contributed by atoms with Gasteiger partial charge in [-0.05, 0) is 53.7 Å². The molecule has 0 bridgehead atoms. The van der Waals surface area contributed by atoms with Gasteiger partial charge in [0.15, 0.2) is 16.6 Å². The van der Waals surface area contributed by atoms with Crippen molar-refractivity contribution in [2.45, 2.75) is 6.61 Å². The van der Waals surface area contributed by atoms with Gasteiger partial charge in [0.25, 0.3) is 17.5 Å². The number of halogens is 1. The van der Waals surface area contributed by atoms with Gasteiger partial charge in [0, 0.05) is 26.2 Å². The summed E-state index contributed by atoms with van der Waals surface area (Å²) in [4.78, 5) is 37.7. The number of benzene rings is 2. The molecular formula is C21H18ClN3O6S. The largest absolute Gasteiger partial charge is 0.493 e. The molecule has 166 valence electrons. The summed E-state index contributed by atoms with van der Waals surface area (Å²) < 4.78 is 11.1. The number of amides is 2. The van der Waals surface area contributed by atoms with Crippen LogP contribution in [-0.4, -0.2) is 52.9 Å². The van der Waals surface area contributed by atoms with Gasteiger partial charge in [-0.25, -0.2) is 0 Å². The Labute approximate surface area is 193 Å². The minimum atomic E-state index is -0.522. The average Bonchev–Trinajstić information content (AvgIpc) is 2.78. The highest BCUT2D eigenvalue weighted by atomic mass is 35.5. The predicted octanol–water partition coefficient (Wildman–Crippen LogP) is 3.43. The Bertz CT molecular complexity index is 1120. The third-order valence-electron chi connectivity index (χ3n) is 4.74. The molecule has 1 fully saturated rings. The molecule has 1 aliphatic rings. The van der Waals surface area contributed by atoms with Crippen LogP contribution in [0.4, 0.5) is 5.69 Å². The molecule has 11 heteroatoms. The van der Waals surface area contributed by atoms with Crippen molar-refractivity contribution in [3.8, 4) is 11.5 Å². The fourth-order valence-corrected chi connectivity index (χ4v) is 3.41. The molecule has 1 saturated heterocycles. The molecule has 0 aromatic heterocycles. The zero-order valence-electron chi connectivity index (χ0n) is 17.3. The molecule has 0 saturated carbocycles. The van der Waals surface area contributed by atoms with E-state index < -0.39 is 16.7 Å². The van der Waals surface area contributed by atoms with Crippen LogP contribution in [0.2, 0.25) is 5.02 Å². The zero-order valence-corrected chi connectivity index (χ0v) is 18.9. The quantitative estimate of drug-likeness (QED) is 0.207. The topological polar surface area (TPSA) is 102 Å². The van der Waals surface area contributed by atoms with Gasteiger partial charge in [0.2, 0.25) is 0 Å². The molecule has 0 N–H and O–H groups in total. The van der Waals surface area contributed by atoms with Gasteiger partial charge in [-0.3, -0.25) is 29.5 Å². The third kappa shape index (κ3) is 4.56. The number of thiocarbonyl (C=S) groups is 1. The molecule has 2 aromatic rings. The van der Waals surface area contributed by atoms with E-state index in [9.17, 15) is 19.7 Å². The first kappa shape index (κ1) is 23.2. The van der Waals surface area contributed by atoms with E-state index in [-0.39, 0.29) is 33.8 Å². The number of carbonyl (C=O) groups is 2. The lowest BCUT2D eigenvalue weighted by molar-refractivity contribution is -0.384. The van der Waals surface area contributed by atoms with Crippen LogP contribution in [0, 0.1) is 10.1 Å². The minimum absolute atomic E-state index is 0.0226. The Morgan fingerprint density at radius 1 is 1.12 bits per heavy atom. The first-order valence-electron chi connectivity index (χ1n) is 9.19. The van der Waals surface area contributed by atoms with E-state index in [4.69, 9.17) is 33.3 Å². The third-order valence-corrected chi connectivity index (χ3v) is 5.57. The summed E-state index contributed by atoms with van der Waals surface area (Å²) in [6.07, 6.45) is 1.41. The molecule has 3 rings (SSSR count). The number of nitrogens with zero attached hydrogens (tertiary/aromatic N) is 3. The van der Waals surface area contributed by atoms with Crippen LogP contribution in [0.1, 0.15) is 11.1 Å². The Hall–Kier alpha value is -3.50. The van der Waals surface area contributed by atoms with Crippen molar-refractivity contribution < 1.29 is 24.0 Å². The molecule has 0 spiro atoms. The molecule has 0 unspecified atom stereocenters.